The molecule has 1 aliphatic rings. The molecule has 1 saturated heterocycles. The first kappa shape index (κ1) is 20.2. The van der Waals surface area contributed by atoms with Crippen LogP contribution in [-0.4, -0.2) is 56.3 Å². The molecule has 3 rings (SSSR count). The van der Waals surface area contributed by atoms with Crippen molar-refractivity contribution in [2.75, 3.05) is 32.8 Å². The van der Waals surface area contributed by atoms with Crippen molar-refractivity contribution in [3.05, 3.63) is 54.0 Å². The van der Waals surface area contributed by atoms with Gasteiger partial charge in [-0.2, -0.15) is 4.31 Å². The monoisotopic (exact) mass is 404 g/mol. The lowest BCUT2D eigenvalue weighted by Gasteiger charge is -2.33. The Bertz CT molecular complexity index is 939. The van der Waals surface area contributed by atoms with Crippen LogP contribution in [-0.2, 0) is 14.8 Å². The van der Waals surface area contributed by atoms with E-state index in [1.165, 1.54) is 10.4 Å². The van der Waals surface area contributed by atoms with Crippen LogP contribution in [0.2, 0.25) is 0 Å². The van der Waals surface area contributed by atoms with Crippen molar-refractivity contribution in [1.82, 2.24) is 9.21 Å². The van der Waals surface area contributed by atoms with Crippen LogP contribution in [0.15, 0.2) is 51.8 Å². The molecule has 1 fully saturated rings. The molecule has 0 atom stereocenters. The number of nitrogens with zero attached hydrogens (tertiary/aromatic N) is 2. The number of benzene rings is 1. The third-order valence-corrected chi connectivity index (χ3v) is 6.39. The van der Waals surface area contributed by atoms with Gasteiger partial charge in [0.2, 0.25) is 15.9 Å². The minimum atomic E-state index is -3.59. The number of rotatable bonds is 6. The highest BCUT2D eigenvalue weighted by Gasteiger charge is 2.29. The maximum absolute atomic E-state index is 12.8. The van der Waals surface area contributed by atoms with E-state index in [0.29, 0.717) is 31.2 Å². The van der Waals surface area contributed by atoms with Crippen molar-refractivity contribution in [3.63, 3.8) is 0 Å². The molecule has 1 aromatic heterocycles. The minimum Gasteiger partial charge on any atom is -0.494 e. The number of sulfonamides is 1. The molecular formula is C20H24N2O5S. The lowest BCUT2D eigenvalue weighted by molar-refractivity contribution is -0.127. The number of ether oxygens (including phenoxy) is 1. The number of hydrogen-bond donors (Lipinski definition) is 0. The molecule has 8 heteroatoms. The Morgan fingerprint density at radius 3 is 2.36 bits per heavy atom. The summed E-state index contributed by atoms with van der Waals surface area (Å²) >= 11 is 0. The van der Waals surface area contributed by atoms with E-state index in [1.807, 2.05) is 19.9 Å². The quantitative estimate of drug-likeness (QED) is 0.691. The van der Waals surface area contributed by atoms with Crippen molar-refractivity contribution < 1.29 is 22.4 Å². The van der Waals surface area contributed by atoms with E-state index >= 15 is 0 Å². The molecule has 0 unspecified atom stereocenters. The van der Waals surface area contributed by atoms with Crippen LogP contribution in [0.5, 0.6) is 5.75 Å². The SMILES string of the molecule is CCOc1ccc(S(=O)(=O)N2CCN(C(=O)/C=C/c3ccc(C)o3)CC2)cc1. The predicted octanol–water partition coefficient (Wildman–Crippen LogP) is 2.53. The van der Waals surface area contributed by atoms with E-state index in [-0.39, 0.29) is 23.9 Å². The third kappa shape index (κ3) is 4.63. The van der Waals surface area contributed by atoms with Crippen molar-refractivity contribution >= 4 is 22.0 Å². The number of amides is 1. The van der Waals surface area contributed by atoms with E-state index in [1.54, 1.807) is 41.3 Å². The van der Waals surface area contributed by atoms with Gasteiger partial charge in [-0.05, 0) is 56.3 Å². The van der Waals surface area contributed by atoms with Crippen LogP contribution in [0.1, 0.15) is 18.4 Å². The molecular weight excluding hydrogens is 380 g/mol. The Labute approximate surface area is 165 Å². The molecule has 0 aliphatic carbocycles. The molecule has 2 heterocycles. The van der Waals surface area contributed by atoms with Crippen LogP contribution in [0.3, 0.4) is 0 Å². The minimum absolute atomic E-state index is 0.160. The fourth-order valence-electron chi connectivity index (χ4n) is 2.97. The Balaban J connectivity index is 1.59. The number of carbonyl (C=O) groups excluding carboxylic acids is 1. The second kappa shape index (κ2) is 8.62. The first-order valence-electron chi connectivity index (χ1n) is 9.16. The fraction of sp³-hybridized carbons (Fsp3) is 0.350. The van der Waals surface area contributed by atoms with E-state index in [2.05, 4.69) is 0 Å². The number of hydrogen-bond acceptors (Lipinski definition) is 5. The lowest BCUT2D eigenvalue weighted by Crippen LogP contribution is -2.50. The topological polar surface area (TPSA) is 80.1 Å². The number of carbonyl (C=O) groups is 1. The van der Waals surface area contributed by atoms with E-state index in [4.69, 9.17) is 9.15 Å². The average Bonchev–Trinajstić information content (AvgIpc) is 3.12. The second-order valence-electron chi connectivity index (χ2n) is 6.42. The number of furan rings is 1. The van der Waals surface area contributed by atoms with Gasteiger partial charge < -0.3 is 14.1 Å². The Morgan fingerprint density at radius 2 is 1.79 bits per heavy atom. The average molecular weight is 404 g/mol. The normalized spacial score (nSPS) is 15.9. The zero-order valence-corrected chi connectivity index (χ0v) is 16.8. The Hall–Kier alpha value is -2.58. The summed E-state index contributed by atoms with van der Waals surface area (Å²) in [6.45, 7) is 5.44. The van der Waals surface area contributed by atoms with Crippen LogP contribution in [0.4, 0.5) is 0 Å². The zero-order valence-electron chi connectivity index (χ0n) is 16.0. The van der Waals surface area contributed by atoms with Gasteiger partial charge in [0, 0.05) is 32.3 Å². The third-order valence-electron chi connectivity index (χ3n) is 4.47. The molecule has 1 aromatic carbocycles. The van der Waals surface area contributed by atoms with Gasteiger partial charge in [0.15, 0.2) is 0 Å². The summed E-state index contributed by atoms with van der Waals surface area (Å²) in [6.07, 6.45) is 3.08. The summed E-state index contributed by atoms with van der Waals surface area (Å²) in [4.78, 5) is 14.2. The molecule has 0 bridgehead atoms. The molecule has 0 saturated carbocycles. The Kier molecular flexibility index (Phi) is 6.21. The van der Waals surface area contributed by atoms with Gasteiger partial charge in [-0.15, -0.1) is 0 Å². The Morgan fingerprint density at radius 1 is 1.11 bits per heavy atom. The van der Waals surface area contributed by atoms with E-state index < -0.39 is 10.0 Å². The summed E-state index contributed by atoms with van der Waals surface area (Å²) in [6, 6.07) is 10.0. The van der Waals surface area contributed by atoms with Crippen molar-refractivity contribution in [3.8, 4) is 5.75 Å². The van der Waals surface area contributed by atoms with Crippen LogP contribution >= 0.6 is 0 Å². The van der Waals surface area contributed by atoms with E-state index in [0.717, 1.165) is 5.76 Å². The van der Waals surface area contributed by atoms with Gasteiger partial charge in [0.25, 0.3) is 0 Å². The largest absolute Gasteiger partial charge is 0.494 e. The molecule has 1 aliphatic heterocycles. The van der Waals surface area contributed by atoms with Crippen LogP contribution in [0, 0.1) is 6.92 Å². The summed E-state index contributed by atoms with van der Waals surface area (Å²) in [5.74, 6) is 1.87. The first-order valence-corrected chi connectivity index (χ1v) is 10.6. The maximum Gasteiger partial charge on any atom is 0.246 e. The van der Waals surface area contributed by atoms with Gasteiger partial charge in [-0.3, -0.25) is 4.79 Å². The van der Waals surface area contributed by atoms with Crippen molar-refractivity contribution in [2.24, 2.45) is 0 Å². The van der Waals surface area contributed by atoms with Gasteiger partial charge in [-0.1, -0.05) is 0 Å². The summed E-state index contributed by atoms with van der Waals surface area (Å²) < 4.78 is 37.8. The molecule has 2 aromatic rings. The van der Waals surface area contributed by atoms with Crippen molar-refractivity contribution in [2.45, 2.75) is 18.7 Å². The number of piperazine rings is 1. The molecule has 1 amide bonds. The van der Waals surface area contributed by atoms with E-state index in [9.17, 15) is 13.2 Å². The lowest BCUT2D eigenvalue weighted by atomic mass is 10.3. The van der Waals surface area contributed by atoms with Gasteiger partial charge >= 0.3 is 0 Å². The van der Waals surface area contributed by atoms with Crippen molar-refractivity contribution in [1.29, 1.82) is 0 Å². The first-order chi connectivity index (χ1) is 13.4. The van der Waals surface area contributed by atoms with Gasteiger partial charge in [-0.25, -0.2) is 8.42 Å². The summed E-state index contributed by atoms with van der Waals surface area (Å²) in [7, 11) is -3.59. The fourth-order valence-corrected chi connectivity index (χ4v) is 4.40. The van der Waals surface area contributed by atoms with Gasteiger partial charge in [0.05, 0.1) is 11.5 Å². The predicted molar refractivity (Wildman–Crippen MR) is 105 cm³/mol. The standard InChI is InChI=1S/C20H24N2O5S/c1-3-26-17-6-9-19(10-7-17)28(24,25)22-14-12-21(13-15-22)20(23)11-8-18-5-4-16(2)27-18/h4-11H,3,12-15H2,1-2H3/b11-8+. The van der Waals surface area contributed by atoms with Gasteiger partial charge in [0.1, 0.15) is 17.3 Å². The molecule has 150 valence electrons. The highest BCUT2D eigenvalue weighted by molar-refractivity contribution is 7.89. The van der Waals surface area contributed by atoms with Crippen LogP contribution < -0.4 is 4.74 Å². The smallest absolute Gasteiger partial charge is 0.246 e. The maximum atomic E-state index is 12.8. The zero-order chi connectivity index (χ0) is 20.1. The molecule has 28 heavy (non-hydrogen) atoms. The highest BCUT2D eigenvalue weighted by atomic mass is 32.2. The molecule has 0 N–H and O–H groups in total. The summed E-state index contributed by atoms with van der Waals surface area (Å²) in [5, 5.41) is 0. The summed E-state index contributed by atoms with van der Waals surface area (Å²) in [5.41, 5.74) is 0. The molecule has 0 spiro atoms. The molecule has 0 radical (unpaired) electrons. The molecule has 7 nitrogen and oxygen atoms in total. The van der Waals surface area contributed by atoms with Crippen LogP contribution in [0.25, 0.3) is 6.08 Å². The second-order valence-corrected chi connectivity index (χ2v) is 8.35. The number of aryl methyl sites for hydroxylation is 1. The highest BCUT2D eigenvalue weighted by Crippen LogP contribution is 2.21.